The zero-order valence-corrected chi connectivity index (χ0v) is 22.4. The molecular weight excluding hydrogens is 462 g/mol. The number of carbonyl (C=O) groups is 1. The zero-order valence-electron chi connectivity index (χ0n) is 22.4. The number of rotatable bonds is 5. The van der Waals surface area contributed by atoms with Crippen LogP contribution in [0.1, 0.15) is 80.5 Å². The van der Waals surface area contributed by atoms with Crippen LogP contribution in [0, 0.1) is 5.41 Å². The second-order valence-corrected chi connectivity index (χ2v) is 8.46. The highest BCUT2D eigenvalue weighted by Gasteiger charge is 2.35. The Morgan fingerprint density at radius 1 is 1.22 bits per heavy atom. The Morgan fingerprint density at radius 2 is 1.92 bits per heavy atom. The fourth-order valence-corrected chi connectivity index (χ4v) is 3.96. The first-order valence-corrected chi connectivity index (χ1v) is 12.7. The second kappa shape index (κ2) is 13.2. The third kappa shape index (κ3) is 6.50. The smallest absolute Gasteiger partial charge is 0.258 e. The number of nitrogens with one attached hydrogen (secondary N) is 1. The molecule has 200 valence electrons. The van der Waals surface area contributed by atoms with Crippen molar-refractivity contribution >= 4 is 28.3 Å². The maximum atomic E-state index is 12.7. The number of benzene rings is 1. The Morgan fingerprint density at radius 3 is 2.44 bits per heavy atom. The lowest BCUT2D eigenvalue weighted by Crippen LogP contribution is -2.32. The van der Waals surface area contributed by atoms with Crippen molar-refractivity contribution in [2.24, 2.45) is 5.41 Å². The van der Waals surface area contributed by atoms with Gasteiger partial charge in [0.1, 0.15) is 17.8 Å². The summed E-state index contributed by atoms with van der Waals surface area (Å²) >= 11 is 0. The summed E-state index contributed by atoms with van der Waals surface area (Å²) in [7, 11) is 1.77. The molecule has 0 amide bonds. The molecule has 0 bridgehead atoms. The van der Waals surface area contributed by atoms with E-state index in [1.54, 1.807) is 26.2 Å². The number of Topliss-reactive ketones (excluding diaryl/α,β-unsaturated/α-hetero) is 1. The summed E-state index contributed by atoms with van der Waals surface area (Å²) in [6.45, 7) is 11.3. The molecule has 0 unspecified atom stereocenters. The SMILES string of the molecule is CC.CC.CC(=O)C1(C)CCC1.CNc1ncc2c(n1)CC=C2c1ccc2nnn(CC(F)F)c2c1.[HH].[HH]. The van der Waals surface area contributed by atoms with Crippen molar-refractivity contribution in [3.8, 4) is 0 Å². The van der Waals surface area contributed by atoms with Crippen LogP contribution in [-0.4, -0.2) is 44.2 Å². The van der Waals surface area contributed by atoms with Crippen molar-refractivity contribution in [2.75, 3.05) is 12.4 Å². The third-order valence-electron chi connectivity index (χ3n) is 6.32. The molecule has 9 heteroatoms. The van der Waals surface area contributed by atoms with Gasteiger partial charge in [0, 0.05) is 33.5 Å². The Bertz CT molecular complexity index is 1200. The van der Waals surface area contributed by atoms with Gasteiger partial charge in [0.05, 0.1) is 11.2 Å². The number of hydrogen-bond acceptors (Lipinski definition) is 6. The monoisotopic (exact) mass is 504 g/mol. The molecule has 0 aliphatic heterocycles. The van der Waals surface area contributed by atoms with Crippen LogP contribution in [0.25, 0.3) is 16.6 Å². The summed E-state index contributed by atoms with van der Waals surface area (Å²) in [5.74, 6) is 0.946. The number of aromatic nitrogens is 5. The summed E-state index contributed by atoms with van der Waals surface area (Å²) in [6, 6.07) is 5.54. The second-order valence-electron chi connectivity index (χ2n) is 8.46. The average Bonchev–Trinajstić information content (AvgIpc) is 3.48. The van der Waals surface area contributed by atoms with Crippen LogP contribution in [0.4, 0.5) is 14.7 Å². The summed E-state index contributed by atoms with van der Waals surface area (Å²) in [5, 5.41) is 10.7. The summed E-state index contributed by atoms with van der Waals surface area (Å²) < 4.78 is 26.6. The predicted octanol–water partition coefficient (Wildman–Crippen LogP) is 6.83. The number of anilines is 1. The van der Waals surface area contributed by atoms with Crippen molar-refractivity contribution in [3.05, 3.63) is 47.3 Å². The molecule has 1 fully saturated rings. The van der Waals surface area contributed by atoms with E-state index in [4.69, 9.17) is 0 Å². The van der Waals surface area contributed by atoms with Crippen molar-refractivity contribution in [1.29, 1.82) is 0 Å². The molecule has 2 aliphatic rings. The fourth-order valence-electron chi connectivity index (χ4n) is 3.96. The number of hydrogen-bond donors (Lipinski definition) is 1. The molecular formula is C27H42F2N6O. The number of carbonyl (C=O) groups excluding carboxylic acids is 1. The van der Waals surface area contributed by atoms with Gasteiger partial charge in [0.25, 0.3) is 6.43 Å². The lowest BCUT2D eigenvalue weighted by Gasteiger charge is -2.35. The van der Waals surface area contributed by atoms with Crippen LogP contribution in [-0.2, 0) is 17.8 Å². The number of fused-ring (bicyclic) bond motifs is 2. The standard InChI is InChI=1S/C16H14F2N6.C7H12O.2C2H6.2H2/c1-19-16-20-7-11-10(3-5-12(11)21-16)9-2-4-13-14(6-9)24(23-22-13)8-15(17)18;1-6(8)7(2)4-3-5-7;2*1-2;;/h2-4,6-7,15H,5,8H2,1H3,(H,19,20,21);3-5H2,1-2H3;2*1-2H3;2*1H. The van der Waals surface area contributed by atoms with Gasteiger partial charge in [-0.15, -0.1) is 5.10 Å². The van der Waals surface area contributed by atoms with Gasteiger partial charge in [-0.05, 0) is 43.0 Å². The van der Waals surface area contributed by atoms with E-state index in [-0.39, 0.29) is 8.27 Å². The van der Waals surface area contributed by atoms with Gasteiger partial charge in [0.15, 0.2) is 0 Å². The Labute approximate surface area is 215 Å². The van der Waals surface area contributed by atoms with Gasteiger partial charge in [-0.1, -0.05) is 58.4 Å². The average molecular weight is 505 g/mol. The molecule has 5 rings (SSSR count). The normalized spacial score (nSPS) is 14.7. The zero-order chi connectivity index (χ0) is 26.9. The van der Waals surface area contributed by atoms with Crippen molar-refractivity contribution in [1.82, 2.24) is 25.0 Å². The topological polar surface area (TPSA) is 85.6 Å². The molecule has 0 radical (unpaired) electrons. The minimum absolute atomic E-state index is 0. The van der Waals surface area contributed by atoms with Crippen LogP contribution >= 0.6 is 0 Å². The molecule has 3 aromatic rings. The molecule has 1 aromatic carbocycles. The Kier molecular flexibility index (Phi) is 10.6. The molecule has 2 aliphatic carbocycles. The van der Waals surface area contributed by atoms with Crippen LogP contribution in [0.15, 0.2) is 30.5 Å². The molecule has 1 saturated carbocycles. The van der Waals surface area contributed by atoms with Crippen LogP contribution in [0.5, 0.6) is 0 Å². The number of alkyl halides is 2. The number of nitrogens with zero attached hydrogens (tertiary/aromatic N) is 5. The van der Waals surface area contributed by atoms with E-state index in [2.05, 4.69) is 38.6 Å². The molecule has 36 heavy (non-hydrogen) atoms. The van der Waals surface area contributed by atoms with Crippen molar-refractivity contribution < 1.29 is 16.4 Å². The Balaban J connectivity index is 0.000000833. The van der Waals surface area contributed by atoms with E-state index in [9.17, 15) is 13.6 Å². The van der Waals surface area contributed by atoms with Gasteiger partial charge >= 0.3 is 0 Å². The van der Waals surface area contributed by atoms with Crippen molar-refractivity contribution in [2.45, 2.75) is 80.2 Å². The highest BCUT2D eigenvalue weighted by atomic mass is 19.3. The summed E-state index contributed by atoms with van der Waals surface area (Å²) in [4.78, 5) is 19.5. The van der Waals surface area contributed by atoms with E-state index in [0.29, 0.717) is 29.2 Å². The summed E-state index contributed by atoms with van der Waals surface area (Å²) in [5.41, 5.74) is 5.10. The van der Waals surface area contributed by atoms with E-state index < -0.39 is 13.0 Å². The lowest BCUT2D eigenvalue weighted by molar-refractivity contribution is -0.129. The summed E-state index contributed by atoms with van der Waals surface area (Å²) in [6.07, 6.45) is 5.57. The maximum absolute atomic E-state index is 12.7. The van der Waals surface area contributed by atoms with Crippen LogP contribution in [0.2, 0.25) is 0 Å². The molecule has 0 atom stereocenters. The highest BCUT2D eigenvalue weighted by molar-refractivity contribution is 5.88. The molecule has 0 spiro atoms. The van der Waals surface area contributed by atoms with E-state index in [1.807, 2.05) is 39.8 Å². The molecule has 1 N–H and O–H groups in total. The van der Waals surface area contributed by atoms with E-state index in [1.165, 1.54) is 11.1 Å². The molecule has 0 saturated heterocycles. The van der Waals surface area contributed by atoms with Gasteiger partial charge < -0.3 is 5.32 Å². The molecule has 2 aromatic heterocycles. The van der Waals surface area contributed by atoms with Crippen LogP contribution < -0.4 is 5.32 Å². The minimum Gasteiger partial charge on any atom is -0.357 e. The van der Waals surface area contributed by atoms with Crippen molar-refractivity contribution in [3.63, 3.8) is 0 Å². The predicted molar refractivity (Wildman–Crippen MR) is 145 cm³/mol. The van der Waals surface area contributed by atoms with Gasteiger partial charge in [-0.25, -0.2) is 23.4 Å². The highest BCUT2D eigenvalue weighted by Crippen LogP contribution is 2.40. The fraction of sp³-hybridized carbons (Fsp3) is 0.519. The molecule has 7 nitrogen and oxygen atoms in total. The first kappa shape index (κ1) is 29.0. The molecule has 2 heterocycles. The number of ketones is 1. The van der Waals surface area contributed by atoms with E-state index in [0.717, 1.165) is 35.2 Å². The minimum atomic E-state index is -2.47. The van der Waals surface area contributed by atoms with Gasteiger partial charge in [-0.3, -0.25) is 4.79 Å². The van der Waals surface area contributed by atoms with Gasteiger partial charge in [-0.2, -0.15) is 0 Å². The largest absolute Gasteiger partial charge is 0.357 e. The van der Waals surface area contributed by atoms with Gasteiger partial charge in [0.2, 0.25) is 5.95 Å². The maximum Gasteiger partial charge on any atom is 0.258 e. The van der Waals surface area contributed by atoms with Crippen LogP contribution in [0.3, 0.4) is 0 Å². The number of halogens is 2. The first-order valence-electron chi connectivity index (χ1n) is 12.7. The third-order valence-corrected chi connectivity index (χ3v) is 6.32. The lowest BCUT2D eigenvalue weighted by atomic mass is 9.68. The Hall–Kier alpha value is -3.23. The quantitative estimate of drug-likeness (QED) is 0.410. The number of allylic oxidation sites excluding steroid dienone is 1. The van der Waals surface area contributed by atoms with E-state index >= 15 is 0 Å². The first-order chi connectivity index (χ1) is 17.3.